The van der Waals surface area contributed by atoms with Crippen molar-refractivity contribution in [3.63, 3.8) is 0 Å². The third-order valence-electron chi connectivity index (χ3n) is 4.13. The van der Waals surface area contributed by atoms with Gasteiger partial charge < -0.3 is 10.1 Å². The number of carbonyl (C=O) groups excluding carboxylic acids is 1. The molecule has 0 bridgehead atoms. The largest absolute Gasteiger partial charge is 0.497 e. The van der Waals surface area contributed by atoms with Gasteiger partial charge in [-0.2, -0.15) is 5.10 Å². The van der Waals surface area contributed by atoms with E-state index in [1.807, 2.05) is 24.3 Å². The zero-order chi connectivity index (χ0) is 19.4. The first-order chi connectivity index (χ1) is 13.0. The van der Waals surface area contributed by atoms with Gasteiger partial charge >= 0.3 is 0 Å². The van der Waals surface area contributed by atoms with Crippen molar-refractivity contribution in [3.05, 3.63) is 64.5 Å². The van der Waals surface area contributed by atoms with Gasteiger partial charge in [-0.25, -0.2) is 4.98 Å². The standard InChI is InChI=1S/C19H21N5O3/c1-13-9-18(25)24(12-21-13)8-7-20-19(26)17-11-16(22-23(17)2)14-5-4-6-15(10-14)27-3/h4-6,9-12H,7-8H2,1-3H3,(H,20,26). The average Bonchev–Trinajstić information content (AvgIpc) is 3.05. The van der Waals surface area contributed by atoms with E-state index >= 15 is 0 Å². The zero-order valence-electron chi connectivity index (χ0n) is 15.5. The van der Waals surface area contributed by atoms with E-state index in [9.17, 15) is 9.59 Å². The van der Waals surface area contributed by atoms with Crippen LogP contribution >= 0.6 is 0 Å². The first-order valence-electron chi connectivity index (χ1n) is 8.47. The second-order valence-corrected chi connectivity index (χ2v) is 6.09. The van der Waals surface area contributed by atoms with E-state index in [-0.39, 0.29) is 11.5 Å². The lowest BCUT2D eigenvalue weighted by Gasteiger charge is -2.07. The van der Waals surface area contributed by atoms with Crippen molar-refractivity contribution < 1.29 is 9.53 Å². The van der Waals surface area contributed by atoms with Crippen LogP contribution in [-0.2, 0) is 13.6 Å². The predicted octanol–water partition coefficient (Wildman–Crippen LogP) is 1.39. The molecule has 0 atom stereocenters. The number of amides is 1. The fraction of sp³-hybridized carbons (Fsp3) is 0.263. The lowest BCUT2D eigenvalue weighted by atomic mass is 10.1. The molecule has 0 radical (unpaired) electrons. The van der Waals surface area contributed by atoms with Crippen molar-refractivity contribution >= 4 is 5.91 Å². The molecule has 0 unspecified atom stereocenters. The third-order valence-corrected chi connectivity index (χ3v) is 4.13. The van der Waals surface area contributed by atoms with Crippen LogP contribution in [-0.4, -0.2) is 38.9 Å². The highest BCUT2D eigenvalue weighted by atomic mass is 16.5. The molecule has 0 spiro atoms. The molecule has 0 fully saturated rings. The first-order valence-corrected chi connectivity index (χ1v) is 8.47. The Hall–Kier alpha value is -3.42. The molecule has 0 saturated carbocycles. The molecule has 0 aliphatic heterocycles. The highest BCUT2D eigenvalue weighted by Gasteiger charge is 2.14. The summed E-state index contributed by atoms with van der Waals surface area (Å²) in [5.41, 5.74) is 2.50. The molecule has 3 aromatic rings. The minimum Gasteiger partial charge on any atom is -0.497 e. The van der Waals surface area contributed by atoms with Crippen LogP contribution in [0.15, 0.2) is 47.5 Å². The fourth-order valence-corrected chi connectivity index (χ4v) is 2.67. The van der Waals surface area contributed by atoms with E-state index in [1.165, 1.54) is 21.6 Å². The number of nitrogens with one attached hydrogen (secondary N) is 1. The van der Waals surface area contributed by atoms with E-state index in [1.54, 1.807) is 27.1 Å². The van der Waals surface area contributed by atoms with Crippen LogP contribution in [0, 0.1) is 6.92 Å². The maximum Gasteiger partial charge on any atom is 0.269 e. The highest BCUT2D eigenvalue weighted by Crippen LogP contribution is 2.23. The Morgan fingerprint density at radius 3 is 2.81 bits per heavy atom. The summed E-state index contributed by atoms with van der Waals surface area (Å²) in [6.45, 7) is 2.41. The normalized spacial score (nSPS) is 10.6. The summed E-state index contributed by atoms with van der Waals surface area (Å²) in [7, 11) is 3.32. The lowest BCUT2D eigenvalue weighted by Crippen LogP contribution is -2.31. The number of nitrogens with zero attached hydrogens (tertiary/aromatic N) is 4. The summed E-state index contributed by atoms with van der Waals surface area (Å²) in [5.74, 6) is 0.466. The topological polar surface area (TPSA) is 91.0 Å². The van der Waals surface area contributed by atoms with Gasteiger partial charge in [0.25, 0.3) is 11.5 Å². The molecule has 1 aromatic carbocycles. The third kappa shape index (κ3) is 4.22. The molecule has 0 aliphatic rings. The van der Waals surface area contributed by atoms with E-state index < -0.39 is 0 Å². The summed E-state index contributed by atoms with van der Waals surface area (Å²) in [6.07, 6.45) is 1.48. The average molecular weight is 367 g/mol. The van der Waals surface area contributed by atoms with Gasteiger partial charge in [-0.1, -0.05) is 12.1 Å². The molecule has 140 valence electrons. The van der Waals surface area contributed by atoms with E-state index in [0.29, 0.717) is 30.2 Å². The monoisotopic (exact) mass is 367 g/mol. The van der Waals surface area contributed by atoms with Gasteiger partial charge in [0.15, 0.2) is 0 Å². The second-order valence-electron chi connectivity index (χ2n) is 6.09. The van der Waals surface area contributed by atoms with Gasteiger partial charge in [0.05, 0.1) is 19.1 Å². The zero-order valence-corrected chi connectivity index (χ0v) is 15.5. The van der Waals surface area contributed by atoms with Gasteiger partial charge in [0.2, 0.25) is 0 Å². The number of aryl methyl sites for hydroxylation is 2. The van der Waals surface area contributed by atoms with Gasteiger partial charge in [0, 0.05) is 37.5 Å². The summed E-state index contributed by atoms with van der Waals surface area (Å²) in [4.78, 5) is 28.4. The summed E-state index contributed by atoms with van der Waals surface area (Å²) >= 11 is 0. The van der Waals surface area contributed by atoms with Gasteiger partial charge in [-0.15, -0.1) is 0 Å². The molecule has 3 rings (SSSR count). The minimum absolute atomic E-state index is 0.141. The first kappa shape index (κ1) is 18.4. The van der Waals surface area contributed by atoms with Crippen molar-refractivity contribution in [2.24, 2.45) is 7.05 Å². The van der Waals surface area contributed by atoms with E-state index in [2.05, 4.69) is 15.4 Å². The number of rotatable bonds is 6. The maximum absolute atomic E-state index is 12.5. The molecular weight excluding hydrogens is 346 g/mol. The number of aromatic nitrogens is 4. The van der Waals surface area contributed by atoms with Gasteiger partial charge in [-0.05, 0) is 25.1 Å². The molecule has 8 heteroatoms. The highest BCUT2D eigenvalue weighted by molar-refractivity contribution is 5.93. The Kier molecular flexibility index (Phi) is 5.35. The number of hydrogen-bond acceptors (Lipinski definition) is 5. The minimum atomic E-state index is -0.257. The Morgan fingerprint density at radius 2 is 2.07 bits per heavy atom. The van der Waals surface area contributed by atoms with Crippen LogP contribution in [0.5, 0.6) is 5.75 Å². The molecule has 27 heavy (non-hydrogen) atoms. The van der Waals surface area contributed by atoms with Gasteiger partial charge in [0.1, 0.15) is 11.4 Å². The Morgan fingerprint density at radius 1 is 1.26 bits per heavy atom. The molecule has 2 aromatic heterocycles. The van der Waals surface area contributed by atoms with Crippen molar-refractivity contribution in [2.75, 3.05) is 13.7 Å². The number of hydrogen-bond donors (Lipinski definition) is 1. The molecule has 1 amide bonds. The molecule has 0 aliphatic carbocycles. The number of methoxy groups -OCH3 is 1. The van der Waals surface area contributed by atoms with Crippen molar-refractivity contribution in [1.82, 2.24) is 24.6 Å². The number of ether oxygens (including phenoxy) is 1. The number of benzene rings is 1. The smallest absolute Gasteiger partial charge is 0.269 e. The quantitative estimate of drug-likeness (QED) is 0.711. The van der Waals surface area contributed by atoms with Crippen molar-refractivity contribution in [2.45, 2.75) is 13.5 Å². The Labute approximate surface area is 156 Å². The van der Waals surface area contributed by atoms with E-state index in [4.69, 9.17) is 4.74 Å². The molecule has 0 saturated heterocycles. The fourth-order valence-electron chi connectivity index (χ4n) is 2.67. The second kappa shape index (κ2) is 7.86. The summed E-state index contributed by atoms with van der Waals surface area (Å²) in [6, 6.07) is 10.7. The number of carbonyl (C=O) groups is 1. The lowest BCUT2D eigenvalue weighted by molar-refractivity contribution is 0.0942. The van der Waals surface area contributed by atoms with Gasteiger partial charge in [-0.3, -0.25) is 18.8 Å². The van der Waals surface area contributed by atoms with E-state index in [0.717, 1.165) is 11.3 Å². The van der Waals surface area contributed by atoms with Crippen LogP contribution in [0.2, 0.25) is 0 Å². The van der Waals surface area contributed by atoms with Crippen molar-refractivity contribution in [1.29, 1.82) is 0 Å². The molecular formula is C19H21N5O3. The van der Waals surface area contributed by atoms with Crippen LogP contribution < -0.4 is 15.6 Å². The van der Waals surface area contributed by atoms with Crippen LogP contribution in [0.1, 0.15) is 16.2 Å². The molecule has 1 N–H and O–H groups in total. The molecule has 8 nitrogen and oxygen atoms in total. The molecule has 2 heterocycles. The van der Waals surface area contributed by atoms with Crippen molar-refractivity contribution in [3.8, 4) is 17.0 Å². The van der Waals surface area contributed by atoms with Crippen LogP contribution in [0.4, 0.5) is 0 Å². The Bertz CT molecular complexity index is 1020. The predicted molar refractivity (Wildman–Crippen MR) is 101 cm³/mol. The van der Waals surface area contributed by atoms with Crippen LogP contribution in [0.3, 0.4) is 0 Å². The summed E-state index contributed by atoms with van der Waals surface area (Å²) < 4.78 is 8.21. The van der Waals surface area contributed by atoms with Crippen LogP contribution in [0.25, 0.3) is 11.3 Å². The summed E-state index contributed by atoms with van der Waals surface area (Å²) in [5, 5.41) is 7.21. The maximum atomic E-state index is 12.5. The SMILES string of the molecule is COc1cccc(-c2cc(C(=O)NCCn3cnc(C)cc3=O)n(C)n2)c1. The Balaban J connectivity index is 1.68.